The van der Waals surface area contributed by atoms with Crippen molar-refractivity contribution in [3.8, 4) is 0 Å². The molecular weight excluding hydrogens is 260 g/mol. The van der Waals surface area contributed by atoms with Crippen LogP contribution in [0.5, 0.6) is 0 Å². The van der Waals surface area contributed by atoms with Crippen LogP contribution in [0.2, 0.25) is 0 Å². The number of carbonyl (C=O) groups is 1. The quantitative estimate of drug-likeness (QED) is 0.903. The molecule has 0 radical (unpaired) electrons. The van der Waals surface area contributed by atoms with Gasteiger partial charge in [0.05, 0.1) is 0 Å². The van der Waals surface area contributed by atoms with Crippen molar-refractivity contribution < 1.29 is 4.79 Å². The van der Waals surface area contributed by atoms with E-state index in [2.05, 4.69) is 55.3 Å². The summed E-state index contributed by atoms with van der Waals surface area (Å²) in [5.74, 6) is 0.978. The van der Waals surface area contributed by atoms with Crippen molar-refractivity contribution in [2.24, 2.45) is 11.8 Å². The first-order chi connectivity index (χ1) is 10.0. The molecule has 1 heterocycles. The Morgan fingerprint density at radius 2 is 2.05 bits per heavy atom. The predicted molar refractivity (Wildman–Crippen MR) is 87.0 cm³/mol. The topological polar surface area (TPSA) is 32.3 Å². The molecule has 1 aliphatic rings. The maximum atomic E-state index is 12.1. The average molecular weight is 288 g/mol. The highest BCUT2D eigenvalue weighted by Crippen LogP contribution is 2.19. The third-order valence-corrected chi connectivity index (χ3v) is 4.13. The molecule has 0 spiro atoms. The monoisotopic (exact) mass is 288 g/mol. The summed E-state index contributed by atoms with van der Waals surface area (Å²) in [4.78, 5) is 14.5. The molecule has 1 fully saturated rings. The fourth-order valence-electron chi connectivity index (χ4n) is 2.87. The van der Waals surface area contributed by atoms with E-state index in [4.69, 9.17) is 0 Å². The Morgan fingerprint density at radius 1 is 1.33 bits per heavy atom. The van der Waals surface area contributed by atoms with Crippen LogP contribution >= 0.6 is 0 Å². The second-order valence-electron chi connectivity index (χ2n) is 6.68. The van der Waals surface area contributed by atoms with Gasteiger partial charge in [0.1, 0.15) is 0 Å². The van der Waals surface area contributed by atoms with Gasteiger partial charge in [0.25, 0.3) is 0 Å². The van der Waals surface area contributed by atoms with Gasteiger partial charge >= 0.3 is 0 Å². The van der Waals surface area contributed by atoms with Gasteiger partial charge < -0.3 is 5.32 Å². The van der Waals surface area contributed by atoms with Crippen molar-refractivity contribution in [2.75, 3.05) is 19.6 Å². The van der Waals surface area contributed by atoms with Gasteiger partial charge in [-0.1, -0.05) is 43.7 Å². The van der Waals surface area contributed by atoms with Crippen molar-refractivity contribution in [1.82, 2.24) is 10.2 Å². The maximum Gasteiger partial charge on any atom is 0.223 e. The molecule has 116 valence electrons. The van der Waals surface area contributed by atoms with E-state index in [1.165, 1.54) is 11.1 Å². The zero-order valence-electron chi connectivity index (χ0n) is 13.6. The molecule has 21 heavy (non-hydrogen) atoms. The second kappa shape index (κ2) is 7.60. The molecule has 0 aliphatic carbocycles. The lowest BCUT2D eigenvalue weighted by Gasteiger charge is -2.31. The lowest BCUT2D eigenvalue weighted by molar-refractivity contribution is -0.126. The molecule has 1 amide bonds. The fraction of sp³-hybridized carbons (Fsp3) is 0.611. The molecule has 1 N–H and O–H groups in total. The van der Waals surface area contributed by atoms with E-state index in [1.807, 2.05) is 0 Å². The van der Waals surface area contributed by atoms with E-state index in [-0.39, 0.29) is 11.8 Å². The van der Waals surface area contributed by atoms with Gasteiger partial charge in [-0.25, -0.2) is 0 Å². The molecule has 1 aromatic rings. The number of hydrogen-bond donors (Lipinski definition) is 1. The third kappa shape index (κ3) is 5.16. The third-order valence-electron chi connectivity index (χ3n) is 4.13. The number of hydrogen-bond acceptors (Lipinski definition) is 2. The van der Waals surface area contributed by atoms with E-state index >= 15 is 0 Å². The average Bonchev–Trinajstić information content (AvgIpc) is 2.45. The van der Waals surface area contributed by atoms with Crippen molar-refractivity contribution in [2.45, 2.75) is 40.2 Å². The summed E-state index contributed by atoms with van der Waals surface area (Å²) < 4.78 is 0. The van der Waals surface area contributed by atoms with E-state index < -0.39 is 0 Å². The maximum absolute atomic E-state index is 12.1. The number of nitrogens with zero attached hydrogens (tertiary/aromatic N) is 1. The van der Waals surface area contributed by atoms with Gasteiger partial charge in [-0.05, 0) is 44.3 Å². The Bertz CT molecular complexity index is 462. The first-order valence-corrected chi connectivity index (χ1v) is 8.10. The first-order valence-electron chi connectivity index (χ1n) is 8.10. The second-order valence-corrected chi connectivity index (χ2v) is 6.68. The van der Waals surface area contributed by atoms with E-state index in [1.54, 1.807) is 0 Å². The number of likely N-dealkylation sites (tertiary alicyclic amines) is 1. The Morgan fingerprint density at radius 3 is 2.67 bits per heavy atom. The number of nitrogens with one attached hydrogen (secondary N) is 1. The molecule has 0 atom stereocenters. The van der Waals surface area contributed by atoms with Crippen LogP contribution in [-0.2, 0) is 11.3 Å². The Balaban J connectivity index is 1.76. The molecule has 0 saturated carbocycles. The van der Waals surface area contributed by atoms with Crippen LogP contribution < -0.4 is 5.32 Å². The molecule has 3 nitrogen and oxygen atoms in total. The van der Waals surface area contributed by atoms with Crippen LogP contribution in [-0.4, -0.2) is 30.4 Å². The highest BCUT2D eigenvalue weighted by atomic mass is 16.1. The Kier molecular flexibility index (Phi) is 5.80. The smallest absolute Gasteiger partial charge is 0.223 e. The molecular formula is C18H28N2O. The summed E-state index contributed by atoms with van der Waals surface area (Å²) in [6.45, 7) is 10.2. The van der Waals surface area contributed by atoms with Crippen molar-refractivity contribution >= 4 is 5.91 Å². The summed E-state index contributed by atoms with van der Waals surface area (Å²) in [5.41, 5.74) is 2.69. The van der Waals surface area contributed by atoms with Gasteiger partial charge in [0.15, 0.2) is 0 Å². The molecule has 3 heteroatoms. The van der Waals surface area contributed by atoms with Gasteiger partial charge in [-0.2, -0.15) is 0 Å². The zero-order chi connectivity index (χ0) is 15.2. The molecule has 1 saturated heterocycles. The molecule has 2 rings (SSSR count). The number of aryl methyl sites for hydroxylation is 1. The Labute approximate surface area is 128 Å². The number of carbonyl (C=O) groups excluding carboxylic acids is 1. The van der Waals surface area contributed by atoms with Crippen LogP contribution in [0.25, 0.3) is 0 Å². The van der Waals surface area contributed by atoms with Crippen LogP contribution in [0.3, 0.4) is 0 Å². The summed E-state index contributed by atoms with van der Waals surface area (Å²) in [6.07, 6.45) is 1.96. The number of benzene rings is 1. The van der Waals surface area contributed by atoms with E-state index in [0.29, 0.717) is 5.92 Å². The summed E-state index contributed by atoms with van der Waals surface area (Å²) in [7, 11) is 0. The molecule has 0 unspecified atom stereocenters. The SMILES string of the molecule is Cc1cccc(CN2CCC(C(=O)NCC(C)C)CC2)c1. The largest absolute Gasteiger partial charge is 0.356 e. The molecule has 1 aromatic carbocycles. The van der Waals surface area contributed by atoms with Crippen LogP contribution in [0.4, 0.5) is 0 Å². The van der Waals surface area contributed by atoms with Gasteiger partial charge in [-0.3, -0.25) is 9.69 Å². The zero-order valence-corrected chi connectivity index (χ0v) is 13.6. The van der Waals surface area contributed by atoms with Crippen molar-refractivity contribution in [3.63, 3.8) is 0 Å². The van der Waals surface area contributed by atoms with Crippen LogP contribution in [0.15, 0.2) is 24.3 Å². The fourth-order valence-corrected chi connectivity index (χ4v) is 2.87. The number of piperidine rings is 1. The highest BCUT2D eigenvalue weighted by molar-refractivity contribution is 5.78. The van der Waals surface area contributed by atoms with Gasteiger partial charge in [0, 0.05) is 19.0 Å². The van der Waals surface area contributed by atoms with Crippen molar-refractivity contribution in [3.05, 3.63) is 35.4 Å². The highest BCUT2D eigenvalue weighted by Gasteiger charge is 2.24. The summed E-state index contributed by atoms with van der Waals surface area (Å²) >= 11 is 0. The molecule has 0 bridgehead atoms. The minimum absolute atomic E-state index is 0.206. The minimum atomic E-state index is 0.206. The lowest BCUT2D eigenvalue weighted by Crippen LogP contribution is -2.41. The van der Waals surface area contributed by atoms with Crippen LogP contribution in [0, 0.1) is 18.8 Å². The van der Waals surface area contributed by atoms with E-state index in [0.717, 1.165) is 39.0 Å². The lowest BCUT2D eigenvalue weighted by atomic mass is 9.95. The normalized spacial score (nSPS) is 17.1. The standard InChI is InChI=1S/C18H28N2O/c1-14(2)12-19-18(21)17-7-9-20(10-8-17)13-16-6-4-5-15(3)11-16/h4-6,11,14,17H,7-10,12-13H2,1-3H3,(H,19,21). The van der Waals surface area contributed by atoms with Gasteiger partial charge in [0.2, 0.25) is 5.91 Å². The van der Waals surface area contributed by atoms with Gasteiger partial charge in [-0.15, -0.1) is 0 Å². The molecule has 0 aromatic heterocycles. The van der Waals surface area contributed by atoms with Crippen molar-refractivity contribution in [1.29, 1.82) is 0 Å². The molecule has 1 aliphatic heterocycles. The number of amides is 1. The minimum Gasteiger partial charge on any atom is -0.356 e. The van der Waals surface area contributed by atoms with E-state index in [9.17, 15) is 4.79 Å². The predicted octanol–water partition coefficient (Wildman–Crippen LogP) is 2.98. The number of rotatable bonds is 5. The van der Waals surface area contributed by atoms with Crippen LogP contribution in [0.1, 0.15) is 37.8 Å². The summed E-state index contributed by atoms with van der Waals surface area (Å²) in [5, 5.41) is 3.07. The Hall–Kier alpha value is -1.35. The summed E-state index contributed by atoms with van der Waals surface area (Å²) in [6, 6.07) is 8.70. The first kappa shape index (κ1) is 16.0.